The Morgan fingerprint density at radius 1 is 1.16 bits per heavy atom. The topological polar surface area (TPSA) is 34.1 Å². The fourth-order valence-corrected chi connectivity index (χ4v) is 1.94. The summed E-state index contributed by atoms with van der Waals surface area (Å²) in [5.74, 6) is 0.903. The van der Waals surface area contributed by atoms with Crippen LogP contribution in [-0.4, -0.2) is 11.0 Å². The maximum Gasteiger partial charge on any atom is 0.130 e. The fraction of sp³-hybridized carbons (Fsp3) is 0.312. The van der Waals surface area contributed by atoms with E-state index in [0.29, 0.717) is 6.61 Å². The van der Waals surface area contributed by atoms with Crippen molar-refractivity contribution in [3.63, 3.8) is 0 Å². The number of pyridine rings is 1. The largest absolute Gasteiger partial charge is 0.487 e. The Balaban J connectivity index is 1.56. The van der Waals surface area contributed by atoms with Crippen LogP contribution in [0, 0.1) is 0 Å². The zero-order chi connectivity index (χ0) is 12.9. The first-order chi connectivity index (χ1) is 9.40. The van der Waals surface area contributed by atoms with E-state index in [0.717, 1.165) is 24.0 Å². The van der Waals surface area contributed by atoms with Gasteiger partial charge in [0, 0.05) is 18.8 Å². The Morgan fingerprint density at radius 3 is 2.89 bits per heavy atom. The first-order valence-corrected chi connectivity index (χ1v) is 6.75. The van der Waals surface area contributed by atoms with Crippen molar-refractivity contribution in [3.05, 3.63) is 59.9 Å². The van der Waals surface area contributed by atoms with Crippen LogP contribution in [0.25, 0.3) is 0 Å². The molecule has 1 aliphatic rings. The van der Waals surface area contributed by atoms with Gasteiger partial charge in [-0.1, -0.05) is 18.2 Å². The number of benzene rings is 1. The molecule has 2 aromatic rings. The molecule has 1 N–H and O–H groups in total. The van der Waals surface area contributed by atoms with Crippen LogP contribution in [0.1, 0.15) is 24.1 Å². The van der Waals surface area contributed by atoms with Crippen molar-refractivity contribution in [1.29, 1.82) is 0 Å². The molecule has 1 aliphatic carbocycles. The summed E-state index contributed by atoms with van der Waals surface area (Å²) in [6, 6.07) is 14.8. The third-order valence-corrected chi connectivity index (χ3v) is 3.18. The molecule has 0 aliphatic heterocycles. The monoisotopic (exact) mass is 254 g/mol. The minimum atomic E-state index is 0.514. The second-order valence-electron chi connectivity index (χ2n) is 4.91. The Labute approximate surface area is 113 Å². The van der Waals surface area contributed by atoms with E-state index < -0.39 is 0 Å². The first-order valence-electron chi connectivity index (χ1n) is 6.75. The fourth-order valence-electron chi connectivity index (χ4n) is 1.94. The van der Waals surface area contributed by atoms with Gasteiger partial charge in [0.2, 0.25) is 0 Å². The average molecular weight is 254 g/mol. The number of ether oxygens (including phenoxy) is 1. The van der Waals surface area contributed by atoms with E-state index in [2.05, 4.69) is 22.4 Å². The van der Waals surface area contributed by atoms with E-state index in [1.165, 1.54) is 18.4 Å². The van der Waals surface area contributed by atoms with Crippen LogP contribution < -0.4 is 10.1 Å². The molecule has 1 fully saturated rings. The molecule has 0 bridgehead atoms. The summed E-state index contributed by atoms with van der Waals surface area (Å²) in [5.41, 5.74) is 2.22. The van der Waals surface area contributed by atoms with Crippen LogP contribution >= 0.6 is 0 Å². The summed E-state index contributed by atoms with van der Waals surface area (Å²) >= 11 is 0. The molecule has 0 amide bonds. The molecule has 3 rings (SSSR count). The molecule has 1 aromatic carbocycles. The van der Waals surface area contributed by atoms with Crippen molar-refractivity contribution in [2.75, 3.05) is 0 Å². The minimum Gasteiger partial charge on any atom is -0.487 e. The van der Waals surface area contributed by atoms with E-state index in [4.69, 9.17) is 4.74 Å². The molecule has 3 nitrogen and oxygen atoms in total. The molecule has 98 valence electrons. The Morgan fingerprint density at radius 2 is 2.11 bits per heavy atom. The quantitative estimate of drug-likeness (QED) is 0.860. The Kier molecular flexibility index (Phi) is 3.75. The van der Waals surface area contributed by atoms with Crippen LogP contribution in [-0.2, 0) is 13.2 Å². The highest BCUT2D eigenvalue weighted by Gasteiger charge is 2.19. The van der Waals surface area contributed by atoms with Gasteiger partial charge in [-0.05, 0) is 42.7 Å². The van der Waals surface area contributed by atoms with Gasteiger partial charge in [-0.3, -0.25) is 4.98 Å². The number of hydrogen-bond donors (Lipinski definition) is 1. The average Bonchev–Trinajstić information content (AvgIpc) is 3.29. The molecule has 1 aromatic heterocycles. The zero-order valence-corrected chi connectivity index (χ0v) is 10.9. The van der Waals surface area contributed by atoms with Gasteiger partial charge in [-0.2, -0.15) is 0 Å². The van der Waals surface area contributed by atoms with Crippen molar-refractivity contribution < 1.29 is 4.74 Å². The van der Waals surface area contributed by atoms with Crippen LogP contribution in [0.5, 0.6) is 5.75 Å². The lowest BCUT2D eigenvalue weighted by atomic mass is 10.2. The third-order valence-electron chi connectivity index (χ3n) is 3.18. The predicted octanol–water partition coefficient (Wildman–Crippen LogP) is 2.91. The van der Waals surface area contributed by atoms with Crippen molar-refractivity contribution in [1.82, 2.24) is 10.3 Å². The Hall–Kier alpha value is -1.87. The standard InChI is InChI=1S/C16H18N2O/c1-2-9-17-15(5-1)12-19-16-6-3-4-13(10-16)11-18-14-7-8-14/h1-6,9-10,14,18H,7-8,11-12H2. The van der Waals surface area contributed by atoms with Crippen molar-refractivity contribution in [3.8, 4) is 5.75 Å². The lowest BCUT2D eigenvalue weighted by molar-refractivity contribution is 0.301. The van der Waals surface area contributed by atoms with E-state index in [1.807, 2.05) is 30.3 Å². The van der Waals surface area contributed by atoms with Gasteiger partial charge < -0.3 is 10.1 Å². The maximum atomic E-state index is 5.76. The minimum absolute atomic E-state index is 0.514. The molecule has 0 atom stereocenters. The Bertz CT molecular complexity index is 523. The van der Waals surface area contributed by atoms with Crippen molar-refractivity contribution in [2.45, 2.75) is 32.0 Å². The SMILES string of the molecule is c1ccc(COc2cccc(CNC3CC3)c2)nc1. The van der Waals surface area contributed by atoms with Gasteiger partial charge in [-0.15, -0.1) is 0 Å². The van der Waals surface area contributed by atoms with Gasteiger partial charge in [0.1, 0.15) is 12.4 Å². The van der Waals surface area contributed by atoms with E-state index >= 15 is 0 Å². The highest BCUT2D eigenvalue weighted by molar-refractivity contribution is 5.28. The van der Waals surface area contributed by atoms with Crippen LogP contribution in [0.2, 0.25) is 0 Å². The normalized spacial score (nSPS) is 14.3. The molecular formula is C16H18N2O. The number of hydrogen-bond acceptors (Lipinski definition) is 3. The van der Waals surface area contributed by atoms with Crippen LogP contribution in [0.15, 0.2) is 48.7 Å². The highest BCUT2D eigenvalue weighted by Crippen LogP contribution is 2.20. The van der Waals surface area contributed by atoms with Gasteiger partial charge in [-0.25, -0.2) is 0 Å². The molecule has 0 spiro atoms. The summed E-state index contributed by atoms with van der Waals surface area (Å²) in [4.78, 5) is 4.25. The van der Waals surface area contributed by atoms with Crippen LogP contribution in [0.3, 0.4) is 0 Å². The molecule has 1 heterocycles. The summed E-state index contributed by atoms with van der Waals surface area (Å²) in [6.07, 6.45) is 4.42. The first kappa shape index (κ1) is 12.2. The molecule has 0 radical (unpaired) electrons. The number of nitrogens with zero attached hydrogens (tertiary/aromatic N) is 1. The number of rotatable bonds is 6. The third kappa shape index (κ3) is 3.80. The summed E-state index contributed by atoms with van der Waals surface area (Å²) in [7, 11) is 0. The van der Waals surface area contributed by atoms with Crippen molar-refractivity contribution in [2.24, 2.45) is 0 Å². The van der Waals surface area contributed by atoms with Gasteiger partial charge >= 0.3 is 0 Å². The molecular weight excluding hydrogens is 236 g/mol. The smallest absolute Gasteiger partial charge is 0.130 e. The lowest BCUT2D eigenvalue weighted by Gasteiger charge is -2.08. The maximum absolute atomic E-state index is 5.76. The molecule has 19 heavy (non-hydrogen) atoms. The van der Waals surface area contributed by atoms with Gasteiger partial charge in [0.25, 0.3) is 0 Å². The molecule has 0 unspecified atom stereocenters. The molecule has 0 saturated heterocycles. The van der Waals surface area contributed by atoms with Crippen LogP contribution in [0.4, 0.5) is 0 Å². The molecule has 3 heteroatoms. The summed E-state index contributed by atoms with van der Waals surface area (Å²) in [5, 5.41) is 3.51. The second-order valence-corrected chi connectivity index (χ2v) is 4.91. The summed E-state index contributed by atoms with van der Waals surface area (Å²) in [6.45, 7) is 1.44. The molecule has 1 saturated carbocycles. The predicted molar refractivity (Wildman–Crippen MR) is 74.9 cm³/mol. The zero-order valence-electron chi connectivity index (χ0n) is 10.9. The van der Waals surface area contributed by atoms with E-state index in [-0.39, 0.29) is 0 Å². The van der Waals surface area contributed by atoms with Crippen molar-refractivity contribution >= 4 is 0 Å². The summed E-state index contributed by atoms with van der Waals surface area (Å²) < 4.78 is 5.76. The number of aromatic nitrogens is 1. The number of nitrogens with one attached hydrogen (secondary N) is 1. The van der Waals surface area contributed by atoms with Gasteiger partial charge in [0.05, 0.1) is 5.69 Å². The lowest BCUT2D eigenvalue weighted by Crippen LogP contribution is -2.15. The second kappa shape index (κ2) is 5.85. The van der Waals surface area contributed by atoms with E-state index in [9.17, 15) is 0 Å². The van der Waals surface area contributed by atoms with Gasteiger partial charge in [0.15, 0.2) is 0 Å². The van der Waals surface area contributed by atoms with E-state index in [1.54, 1.807) is 6.20 Å². The highest BCUT2D eigenvalue weighted by atomic mass is 16.5.